The molecule has 2 N–H and O–H groups in total. The summed E-state index contributed by atoms with van der Waals surface area (Å²) < 4.78 is 2.08. The Morgan fingerprint density at radius 1 is 1.35 bits per heavy atom. The lowest BCUT2D eigenvalue weighted by Gasteiger charge is -2.28. The highest BCUT2D eigenvalue weighted by molar-refractivity contribution is 5.35. The lowest BCUT2D eigenvalue weighted by Crippen LogP contribution is -2.45. The molecule has 0 aliphatic heterocycles. The summed E-state index contributed by atoms with van der Waals surface area (Å²) in [7, 11) is 0. The Kier molecular flexibility index (Phi) is 3.48. The Morgan fingerprint density at radius 2 is 2.10 bits per heavy atom. The molecule has 1 aliphatic carbocycles. The average molecular weight is 274 g/mol. The Balaban J connectivity index is 1.84. The SMILES string of the molecule is Cc1cc(C)n2c(CNC3(CO)CCCC3)cnc2n1. The van der Waals surface area contributed by atoms with E-state index in [0.717, 1.165) is 35.7 Å². The summed E-state index contributed by atoms with van der Waals surface area (Å²) in [5, 5.41) is 13.2. The minimum Gasteiger partial charge on any atom is -0.394 e. The molecule has 0 radical (unpaired) electrons. The molecule has 1 aliphatic rings. The molecule has 0 atom stereocenters. The van der Waals surface area contributed by atoms with Crippen LogP contribution in [0.3, 0.4) is 0 Å². The zero-order valence-electron chi connectivity index (χ0n) is 12.2. The van der Waals surface area contributed by atoms with Gasteiger partial charge in [-0.2, -0.15) is 0 Å². The quantitative estimate of drug-likeness (QED) is 0.891. The third-order valence-electron chi connectivity index (χ3n) is 4.37. The van der Waals surface area contributed by atoms with Gasteiger partial charge in [-0.3, -0.25) is 4.40 Å². The van der Waals surface area contributed by atoms with Crippen molar-refractivity contribution in [1.29, 1.82) is 0 Å². The number of nitrogens with one attached hydrogen (secondary N) is 1. The number of rotatable bonds is 4. The summed E-state index contributed by atoms with van der Waals surface area (Å²) in [5.41, 5.74) is 3.13. The molecule has 1 saturated carbocycles. The van der Waals surface area contributed by atoms with Crippen molar-refractivity contribution in [3.05, 3.63) is 29.3 Å². The van der Waals surface area contributed by atoms with Crippen LogP contribution in [-0.4, -0.2) is 31.6 Å². The summed E-state index contributed by atoms with van der Waals surface area (Å²) in [6.07, 6.45) is 6.37. The normalized spacial score (nSPS) is 17.9. The van der Waals surface area contributed by atoms with E-state index in [0.29, 0.717) is 6.54 Å². The fourth-order valence-corrected chi connectivity index (χ4v) is 3.24. The van der Waals surface area contributed by atoms with Gasteiger partial charge in [0, 0.05) is 23.5 Å². The molecule has 2 aromatic heterocycles. The predicted molar refractivity (Wildman–Crippen MR) is 77.6 cm³/mol. The minimum absolute atomic E-state index is 0.101. The summed E-state index contributed by atoms with van der Waals surface area (Å²) in [6.45, 7) is 4.98. The molecule has 20 heavy (non-hydrogen) atoms. The second-order valence-electron chi connectivity index (χ2n) is 5.92. The van der Waals surface area contributed by atoms with Crippen LogP contribution < -0.4 is 5.32 Å². The topological polar surface area (TPSA) is 62.5 Å². The molecule has 5 nitrogen and oxygen atoms in total. The highest BCUT2D eigenvalue weighted by Gasteiger charge is 2.32. The highest BCUT2D eigenvalue weighted by atomic mass is 16.3. The van der Waals surface area contributed by atoms with Gasteiger partial charge in [0.05, 0.1) is 18.5 Å². The standard InChI is InChI=1S/C15H22N4O/c1-11-7-12(2)19-13(8-16-14(19)18-11)9-17-15(10-20)5-3-4-6-15/h7-8,17,20H,3-6,9-10H2,1-2H3. The van der Waals surface area contributed by atoms with E-state index in [4.69, 9.17) is 0 Å². The summed E-state index contributed by atoms with van der Waals surface area (Å²) >= 11 is 0. The van der Waals surface area contributed by atoms with Crippen LogP contribution in [0, 0.1) is 13.8 Å². The Labute approximate surface area is 119 Å². The van der Waals surface area contributed by atoms with E-state index in [9.17, 15) is 5.11 Å². The lowest BCUT2D eigenvalue weighted by molar-refractivity contribution is 0.162. The first-order valence-corrected chi connectivity index (χ1v) is 7.30. The van der Waals surface area contributed by atoms with Crippen molar-refractivity contribution in [3.8, 4) is 0 Å². The van der Waals surface area contributed by atoms with Gasteiger partial charge in [0.15, 0.2) is 0 Å². The first-order valence-electron chi connectivity index (χ1n) is 7.30. The zero-order valence-corrected chi connectivity index (χ0v) is 12.2. The Hall–Kier alpha value is -1.46. The van der Waals surface area contributed by atoms with E-state index in [2.05, 4.69) is 32.7 Å². The van der Waals surface area contributed by atoms with E-state index in [1.54, 1.807) is 0 Å². The molecule has 3 rings (SSSR count). The molecule has 0 bridgehead atoms. The van der Waals surface area contributed by atoms with E-state index < -0.39 is 0 Å². The van der Waals surface area contributed by atoms with Crippen LogP contribution in [0.25, 0.3) is 5.78 Å². The molecule has 2 heterocycles. The van der Waals surface area contributed by atoms with Crippen molar-refractivity contribution in [2.45, 2.75) is 51.6 Å². The number of hydrogen-bond donors (Lipinski definition) is 2. The van der Waals surface area contributed by atoms with Crippen molar-refractivity contribution in [1.82, 2.24) is 19.7 Å². The molecule has 0 aromatic carbocycles. The maximum Gasteiger partial charge on any atom is 0.234 e. The van der Waals surface area contributed by atoms with Gasteiger partial charge in [0.25, 0.3) is 0 Å². The van der Waals surface area contributed by atoms with Crippen molar-refractivity contribution < 1.29 is 5.11 Å². The number of aliphatic hydroxyl groups is 1. The molecule has 0 spiro atoms. The smallest absolute Gasteiger partial charge is 0.234 e. The maximum atomic E-state index is 9.65. The summed E-state index contributed by atoms with van der Waals surface area (Å²) in [5.74, 6) is 0.753. The largest absolute Gasteiger partial charge is 0.394 e. The highest BCUT2D eigenvalue weighted by Crippen LogP contribution is 2.29. The fraction of sp³-hybridized carbons (Fsp3) is 0.600. The number of fused-ring (bicyclic) bond motifs is 1. The lowest BCUT2D eigenvalue weighted by atomic mass is 9.99. The zero-order chi connectivity index (χ0) is 14.2. The van der Waals surface area contributed by atoms with Gasteiger partial charge >= 0.3 is 0 Å². The monoisotopic (exact) mass is 274 g/mol. The van der Waals surface area contributed by atoms with Gasteiger partial charge in [0.1, 0.15) is 0 Å². The molecule has 0 unspecified atom stereocenters. The summed E-state index contributed by atoms with van der Waals surface area (Å²) in [4.78, 5) is 8.83. The van der Waals surface area contributed by atoms with E-state index >= 15 is 0 Å². The van der Waals surface area contributed by atoms with Gasteiger partial charge < -0.3 is 10.4 Å². The van der Waals surface area contributed by atoms with Gasteiger partial charge in [-0.25, -0.2) is 9.97 Å². The second kappa shape index (κ2) is 5.14. The van der Waals surface area contributed by atoms with Crippen LogP contribution in [0.5, 0.6) is 0 Å². The fourth-order valence-electron chi connectivity index (χ4n) is 3.24. The molecule has 0 amide bonds. The van der Waals surface area contributed by atoms with Crippen LogP contribution >= 0.6 is 0 Å². The van der Waals surface area contributed by atoms with Crippen LogP contribution in [-0.2, 0) is 6.54 Å². The Morgan fingerprint density at radius 3 is 2.80 bits per heavy atom. The number of hydrogen-bond acceptors (Lipinski definition) is 4. The van der Waals surface area contributed by atoms with Crippen molar-refractivity contribution >= 4 is 5.78 Å². The van der Waals surface area contributed by atoms with Gasteiger partial charge in [0.2, 0.25) is 5.78 Å². The first-order chi connectivity index (χ1) is 9.63. The van der Waals surface area contributed by atoms with Crippen LogP contribution in [0.2, 0.25) is 0 Å². The van der Waals surface area contributed by atoms with Crippen molar-refractivity contribution in [3.63, 3.8) is 0 Å². The minimum atomic E-state index is -0.101. The molecule has 108 valence electrons. The molecular weight excluding hydrogens is 252 g/mol. The maximum absolute atomic E-state index is 9.65. The molecule has 5 heteroatoms. The third-order valence-corrected chi connectivity index (χ3v) is 4.37. The van der Waals surface area contributed by atoms with Crippen molar-refractivity contribution in [2.24, 2.45) is 0 Å². The molecular formula is C15H22N4O. The number of aliphatic hydroxyl groups excluding tert-OH is 1. The van der Waals surface area contributed by atoms with Gasteiger partial charge in [-0.15, -0.1) is 0 Å². The summed E-state index contributed by atoms with van der Waals surface area (Å²) in [6, 6.07) is 2.07. The third kappa shape index (κ3) is 2.31. The molecule has 1 fully saturated rings. The van der Waals surface area contributed by atoms with Crippen LogP contribution in [0.15, 0.2) is 12.3 Å². The van der Waals surface area contributed by atoms with Crippen LogP contribution in [0.1, 0.15) is 42.8 Å². The van der Waals surface area contributed by atoms with Gasteiger partial charge in [-0.05, 0) is 32.8 Å². The van der Waals surface area contributed by atoms with Crippen molar-refractivity contribution in [2.75, 3.05) is 6.61 Å². The van der Waals surface area contributed by atoms with E-state index in [1.807, 2.05) is 13.1 Å². The Bertz CT molecular complexity index is 614. The van der Waals surface area contributed by atoms with E-state index in [-0.39, 0.29) is 12.1 Å². The number of aryl methyl sites for hydroxylation is 2. The second-order valence-corrected chi connectivity index (χ2v) is 5.92. The average Bonchev–Trinajstić information content (AvgIpc) is 3.03. The van der Waals surface area contributed by atoms with Gasteiger partial charge in [-0.1, -0.05) is 12.8 Å². The first kappa shape index (κ1) is 13.5. The number of imidazole rings is 1. The predicted octanol–water partition coefficient (Wildman–Crippen LogP) is 1.74. The number of aromatic nitrogens is 3. The molecule has 0 saturated heterocycles. The molecule has 2 aromatic rings. The van der Waals surface area contributed by atoms with E-state index in [1.165, 1.54) is 12.8 Å². The number of nitrogens with zero attached hydrogens (tertiary/aromatic N) is 3. The van der Waals surface area contributed by atoms with Crippen LogP contribution in [0.4, 0.5) is 0 Å².